The zero-order chi connectivity index (χ0) is 9.68. The van der Waals surface area contributed by atoms with Gasteiger partial charge in [0.15, 0.2) is 0 Å². The first-order chi connectivity index (χ1) is 6.25. The van der Waals surface area contributed by atoms with Gasteiger partial charge in [-0.05, 0) is 39.3 Å². The van der Waals surface area contributed by atoms with Gasteiger partial charge in [-0.2, -0.15) is 5.26 Å². The Morgan fingerprint density at radius 3 is 3.08 bits per heavy atom. The van der Waals surface area contributed by atoms with Crippen LogP contribution < -0.4 is 5.73 Å². The number of rotatable bonds is 3. The number of nitrogens with two attached hydrogens (primary N) is 1. The summed E-state index contributed by atoms with van der Waals surface area (Å²) in [6.07, 6.45) is 4.00. The lowest BCUT2D eigenvalue weighted by Crippen LogP contribution is -2.50. The normalized spacial score (nSPS) is 29.9. The molecule has 1 aliphatic heterocycles. The van der Waals surface area contributed by atoms with Gasteiger partial charge in [0, 0.05) is 18.5 Å². The lowest BCUT2D eigenvalue weighted by atomic mass is 9.98. The second kappa shape index (κ2) is 5.21. The van der Waals surface area contributed by atoms with Crippen molar-refractivity contribution in [2.45, 2.75) is 44.7 Å². The predicted octanol–water partition coefficient (Wildman–Crippen LogP) is 1.10. The molecule has 0 amide bonds. The molecule has 0 aromatic carbocycles. The number of piperidine rings is 1. The molecule has 2 unspecified atom stereocenters. The molecule has 2 atom stereocenters. The SMILES string of the molecule is CC1C(N)CCCN1CCCC#N. The maximum Gasteiger partial charge on any atom is 0.0622 e. The van der Waals surface area contributed by atoms with E-state index < -0.39 is 0 Å². The summed E-state index contributed by atoms with van der Waals surface area (Å²) in [4.78, 5) is 2.41. The van der Waals surface area contributed by atoms with Crippen molar-refractivity contribution in [1.29, 1.82) is 5.26 Å². The highest BCUT2D eigenvalue weighted by Gasteiger charge is 2.23. The summed E-state index contributed by atoms with van der Waals surface area (Å²) >= 11 is 0. The fourth-order valence-corrected chi connectivity index (χ4v) is 1.92. The van der Waals surface area contributed by atoms with E-state index in [2.05, 4.69) is 17.9 Å². The van der Waals surface area contributed by atoms with Crippen LogP contribution in [0.4, 0.5) is 0 Å². The van der Waals surface area contributed by atoms with Crippen molar-refractivity contribution >= 4 is 0 Å². The summed E-state index contributed by atoms with van der Waals surface area (Å²) in [6.45, 7) is 4.37. The van der Waals surface area contributed by atoms with Crippen molar-refractivity contribution in [1.82, 2.24) is 4.90 Å². The summed E-state index contributed by atoms with van der Waals surface area (Å²) in [5, 5.41) is 8.42. The molecule has 1 fully saturated rings. The lowest BCUT2D eigenvalue weighted by molar-refractivity contribution is 0.140. The van der Waals surface area contributed by atoms with Crippen molar-refractivity contribution in [3.63, 3.8) is 0 Å². The van der Waals surface area contributed by atoms with Crippen molar-refractivity contribution in [3.8, 4) is 6.07 Å². The van der Waals surface area contributed by atoms with Crippen LogP contribution in [0.2, 0.25) is 0 Å². The molecule has 1 aliphatic rings. The molecule has 3 heteroatoms. The van der Waals surface area contributed by atoms with Crippen molar-refractivity contribution in [2.75, 3.05) is 13.1 Å². The summed E-state index contributed by atoms with van der Waals surface area (Å²) in [5.74, 6) is 0. The third-order valence-corrected chi connectivity index (χ3v) is 2.91. The molecular weight excluding hydrogens is 162 g/mol. The molecule has 0 aliphatic carbocycles. The average Bonchev–Trinajstić information content (AvgIpc) is 2.13. The fourth-order valence-electron chi connectivity index (χ4n) is 1.92. The van der Waals surface area contributed by atoms with Crippen LogP contribution in [-0.2, 0) is 0 Å². The Morgan fingerprint density at radius 2 is 2.38 bits per heavy atom. The zero-order valence-corrected chi connectivity index (χ0v) is 8.37. The van der Waals surface area contributed by atoms with E-state index in [1.165, 1.54) is 6.42 Å². The molecule has 74 valence electrons. The monoisotopic (exact) mass is 181 g/mol. The van der Waals surface area contributed by atoms with Gasteiger partial charge < -0.3 is 5.73 Å². The van der Waals surface area contributed by atoms with Crippen LogP contribution in [0.3, 0.4) is 0 Å². The predicted molar refractivity (Wildman–Crippen MR) is 53.1 cm³/mol. The summed E-state index contributed by atoms with van der Waals surface area (Å²) < 4.78 is 0. The fraction of sp³-hybridized carbons (Fsp3) is 0.900. The second-order valence-electron chi connectivity index (χ2n) is 3.84. The van der Waals surface area contributed by atoms with Crippen LogP contribution in [0.1, 0.15) is 32.6 Å². The van der Waals surface area contributed by atoms with Crippen LogP contribution in [-0.4, -0.2) is 30.1 Å². The zero-order valence-electron chi connectivity index (χ0n) is 8.37. The quantitative estimate of drug-likeness (QED) is 0.663. The Labute approximate surface area is 80.5 Å². The molecule has 0 bridgehead atoms. The van der Waals surface area contributed by atoms with Gasteiger partial charge in [0.1, 0.15) is 0 Å². The van der Waals surface area contributed by atoms with Crippen molar-refractivity contribution in [3.05, 3.63) is 0 Å². The van der Waals surface area contributed by atoms with Crippen LogP contribution in [0.25, 0.3) is 0 Å². The van der Waals surface area contributed by atoms with Crippen LogP contribution in [0.15, 0.2) is 0 Å². The Balaban J connectivity index is 2.27. The van der Waals surface area contributed by atoms with E-state index in [4.69, 9.17) is 11.0 Å². The van der Waals surface area contributed by atoms with Crippen LogP contribution in [0.5, 0.6) is 0 Å². The van der Waals surface area contributed by atoms with Gasteiger partial charge >= 0.3 is 0 Å². The number of nitriles is 1. The highest BCUT2D eigenvalue weighted by Crippen LogP contribution is 2.15. The number of hydrogen-bond acceptors (Lipinski definition) is 3. The molecule has 1 saturated heterocycles. The number of likely N-dealkylation sites (tertiary alicyclic amines) is 1. The average molecular weight is 181 g/mol. The maximum atomic E-state index is 8.42. The maximum absolute atomic E-state index is 8.42. The summed E-state index contributed by atoms with van der Waals surface area (Å²) in [6, 6.07) is 3.00. The summed E-state index contributed by atoms with van der Waals surface area (Å²) in [7, 11) is 0. The van der Waals surface area contributed by atoms with E-state index in [-0.39, 0.29) is 0 Å². The largest absolute Gasteiger partial charge is 0.326 e. The van der Waals surface area contributed by atoms with Crippen LogP contribution >= 0.6 is 0 Å². The molecule has 0 radical (unpaired) electrons. The Bertz CT molecular complexity index is 185. The Morgan fingerprint density at radius 1 is 1.62 bits per heavy atom. The molecule has 1 rings (SSSR count). The minimum atomic E-state index is 0.329. The third-order valence-electron chi connectivity index (χ3n) is 2.91. The first-order valence-corrected chi connectivity index (χ1v) is 5.12. The van der Waals surface area contributed by atoms with Gasteiger partial charge in [-0.25, -0.2) is 0 Å². The Kier molecular flexibility index (Phi) is 4.20. The molecule has 13 heavy (non-hydrogen) atoms. The molecule has 2 N–H and O–H groups in total. The second-order valence-corrected chi connectivity index (χ2v) is 3.84. The van der Waals surface area contributed by atoms with Gasteiger partial charge in [0.05, 0.1) is 6.07 Å². The third kappa shape index (κ3) is 2.98. The smallest absolute Gasteiger partial charge is 0.0622 e. The standard InChI is InChI=1S/C10H19N3/c1-9-10(12)5-4-8-13(9)7-3-2-6-11/h9-10H,2-5,7-8,12H2,1H3. The van der Waals surface area contributed by atoms with Gasteiger partial charge in [-0.1, -0.05) is 0 Å². The van der Waals surface area contributed by atoms with E-state index in [0.717, 1.165) is 25.9 Å². The summed E-state index contributed by atoms with van der Waals surface area (Å²) in [5.41, 5.74) is 5.97. The van der Waals surface area contributed by atoms with E-state index >= 15 is 0 Å². The molecule has 0 aromatic rings. The minimum absolute atomic E-state index is 0.329. The topological polar surface area (TPSA) is 53.0 Å². The highest BCUT2D eigenvalue weighted by atomic mass is 15.2. The molecule has 0 saturated carbocycles. The van der Waals surface area contributed by atoms with Crippen molar-refractivity contribution < 1.29 is 0 Å². The molecular formula is C10H19N3. The van der Waals surface area contributed by atoms with Crippen molar-refractivity contribution in [2.24, 2.45) is 5.73 Å². The Hall–Kier alpha value is -0.590. The van der Waals surface area contributed by atoms with Gasteiger partial charge in [-0.3, -0.25) is 4.90 Å². The number of hydrogen-bond donors (Lipinski definition) is 1. The van der Waals surface area contributed by atoms with Crippen LogP contribution in [0, 0.1) is 11.3 Å². The number of nitrogens with zero attached hydrogens (tertiary/aromatic N) is 2. The molecule has 0 spiro atoms. The van der Waals surface area contributed by atoms with E-state index in [0.29, 0.717) is 18.5 Å². The van der Waals surface area contributed by atoms with E-state index in [1.54, 1.807) is 0 Å². The lowest BCUT2D eigenvalue weighted by Gasteiger charge is -2.37. The molecule has 3 nitrogen and oxygen atoms in total. The number of unbranched alkanes of at least 4 members (excludes halogenated alkanes) is 1. The highest BCUT2D eigenvalue weighted by molar-refractivity contribution is 4.84. The van der Waals surface area contributed by atoms with E-state index in [1.807, 2.05) is 0 Å². The molecule has 1 heterocycles. The van der Waals surface area contributed by atoms with E-state index in [9.17, 15) is 0 Å². The first kappa shape index (κ1) is 10.5. The van der Waals surface area contributed by atoms with Gasteiger partial charge in [-0.15, -0.1) is 0 Å². The minimum Gasteiger partial charge on any atom is -0.326 e. The van der Waals surface area contributed by atoms with Gasteiger partial charge in [0.25, 0.3) is 0 Å². The first-order valence-electron chi connectivity index (χ1n) is 5.12. The van der Waals surface area contributed by atoms with Gasteiger partial charge in [0.2, 0.25) is 0 Å². The molecule has 0 aromatic heterocycles.